The summed E-state index contributed by atoms with van der Waals surface area (Å²) < 4.78 is 16.8. The Morgan fingerprint density at radius 3 is 0.803 bits per heavy atom. The lowest BCUT2D eigenvalue weighted by Crippen LogP contribution is -2.30. The summed E-state index contributed by atoms with van der Waals surface area (Å²) in [5.41, 5.74) is 0. The van der Waals surface area contributed by atoms with Crippen LogP contribution in [0.5, 0.6) is 0 Å². The van der Waals surface area contributed by atoms with E-state index in [1.807, 2.05) is 0 Å². The van der Waals surface area contributed by atoms with Crippen LogP contribution in [0.1, 0.15) is 304 Å². The van der Waals surface area contributed by atoms with Crippen molar-refractivity contribution in [1.82, 2.24) is 0 Å². The minimum Gasteiger partial charge on any atom is -0.462 e. The van der Waals surface area contributed by atoms with Crippen molar-refractivity contribution < 1.29 is 28.6 Å². The van der Waals surface area contributed by atoms with Gasteiger partial charge in [0.05, 0.1) is 0 Å². The molecule has 0 bridgehead atoms. The van der Waals surface area contributed by atoms with Gasteiger partial charge in [0.1, 0.15) is 13.2 Å². The first-order chi connectivity index (χ1) is 29.7. The predicted octanol–water partition coefficient (Wildman–Crippen LogP) is 17.7. The Morgan fingerprint density at radius 2 is 0.541 bits per heavy atom. The number of unbranched alkanes of at least 4 members (excludes halogenated alkanes) is 34. The Hall–Kier alpha value is -1.59. The van der Waals surface area contributed by atoms with Crippen molar-refractivity contribution in [2.75, 3.05) is 13.2 Å². The Morgan fingerprint density at radius 1 is 0.311 bits per heavy atom. The zero-order valence-electron chi connectivity index (χ0n) is 41.8. The highest BCUT2D eigenvalue weighted by Gasteiger charge is 2.19. The molecule has 0 amide bonds. The van der Waals surface area contributed by atoms with E-state index in [1.165, 1.54) is 193 Å². The molecule has 6 nitrogen and oxygen atoms in total. The summed E-state index contributed by atoms with van der Waals surface area (Å²) in [6.07, 6.45) is 49.6. The highest BCUT2D eigenvalue weighted by atomic mass is 16.6. The number of ether oxygens (including phenoxy) is 3. The highest BCUT2D eigenvalue weighted by molar-refractivity contribution is 5.71. The molecule has 0 radical (unpaired) electrons. The van der Waals surface area contributed by atoms with Gasteiger partial charge in [-0.25, -0.2) is 0 Å². The molecule has 0 spiro atoms. The fraction of sp³-hybridized carbons (Fsp3) is 0.945. The smallest absolute Gasteiger partial charge is 0.306 e. The number of esters is 3. The second kappa shape index (κ2) is 47.9. The van der Waals surface area contributed by atoms with Gasteiger partial charge in [0, 0.05) is 19.3 Å². The van der Waals surface area contributed by atoms with Gasteiger partial charge in [-0.3, -0.25) is 14.4 Å². The molecule has 0 N–H and O–H groups in total. The molecule has 6 heteroatoms. The maximum Gasteiger partial charge on any atom is 0.306 e. The van der Waals surface area contributed by atoms with Crippen molar-refractivity contribution in [2.45, 2.75) is 310 Å². The van der Waals surface area contributed by atoms with Crippen LogP contribution in [0.25, 0.3) is 0 Å². The molecular weight excluding hydrogens is 757 g/mol. The predicted molar refractivity (Wildman–Crippen MR) is 261 cm³/mol. The molecule has 362 valence electrons. The fourth-order valence-electron chi connectivity index (χ4n) is 8.34. The number of hydrogen-bond donors (Lipinski definition) is 0. The van der Waals surface area contributed by atoms with Crippen LogP contribution in [0.4, 0.5) is 0 Å². The second-order valence-electron chi connectivity index (χ2n) is 19.8. The number of hydrogen-bond acceptors (Lipinski definition) is 6. The lowest BCUT2D eigenvalue weighted by molar-refractivity contribution is -0.167. The van der Waals surface area contributed by atoms with E-state index in [1.54, 1.807) is 0 Å². The van der Waals surface area contributed by atoms with Gasteiger partial charge >= 0.3 is 17.9 Å². The summed E-state index contributed by atoms with van der Waals surface area (Å²) in [7, 11) is 0. The molecule has 0 aromatic carbocycles. The zero-order valence-corrected chi connectivity index (χ0v) is 41.8. The van der Waals surface area contributed by atoms with E-state index >= 15 is 0 Å². The molecule has 0 heterocycles. The largest absolute Gasteiger partial charge is 0.462 e. The van der Waals surface area contributed by atoms with Crippen molar-refractivity contribution in [3.63, 3.8) is 0 Å². The molecule has 0 aliphatic carbocycles. The molecule has 0 aromatic rings. The van der Waals surface area contributed by atoms with Crippen LogP contribution in [0, 0.1) is 11.8 Å². The van der Waals surface area contributed by atoms with Gasteiger partial charge in [-0.05, 0) is 31.1 Å². The summed E-state index contributed by atoms with van der Waals surface area (Å²) >= 11 is 0. The molecule has 61 heavy (non-hydrogen) atoms. The molecule has 0 rings (SSSR count). The van der Waals surface area contributed by atoms with Crippen LogP contribution in [0.3, 0.4) is 0 Å². The van der Waals surface area contributed by atoms with E-state index in [-0.39, 0.29) is 31.1 Å². The third-order valence-electron chi connectivity index (χ3n) is 12.5. The third kappa shape index (κ3) is 49.3. The first-order valence-electron chi connectivity index (χ1n) is 27.2. The maximum absolute atomic E-state index is 12.8. The van der Waals surface area contributed by atoms with E-state index < -0.39 is 6.10 Å². The molecule has 0 unspecified atom stereocenters. The first-order valence-corrected chi connectivity index (χ1v) is 27.2. The highest BCUT2D eigenvalue weighted by Crippen LogP contribution is 2.18. The molecule has 0 aromatic heterocycles. The van der Waals surface area contributed by atoms with Gasteiger partial charge in [-0.1, -0.05) is 266 Å². The van der Waals surface area contributed by atoms with E-state index in [2.05, 4.69) is 34.6 Å². The van der Waals surface area contributed by atoms with Crippen LogP contribution in [-0.4, -0.2) is 37.2 Å². The number of rotatable bonds is 49. The molecular formula is C55H106O6. The lowest BCUT2D eigenvalue weighted by atomic mass is 10.0. The second-order valence-corrected chi connectivity index (χ2v) is 19.8. The van der Waals surface area contributed by atoms with Crippen molar-refractivity contribution >= 4 is 17.9 Å². The minimum atomic E-state index is -0.760. The standard InChI is InChI=1S/C55H106O6/c1-6-7-8-9-28-35-40-45-53(56)59-48-52(61-55(58)47-42-37-32-27-23-19-15-11-13-17-21-25-30-34-39-44-51(4)5)49-60-54(57)46-41-36-31-26-22-18-14-10-12-16-20-24-29-33-38-43-50(2)3/h50-52H,6-49H2,1-5H3/t52-/m0/s1. The van der Waals surface area contributed by atoms with E-state index in [0.29, 0.717) is 19.3 Å². The average Bonchev–Trinajstić information content (AvgIpc) is 3.23. The molecule has 0 saturated carbocycles. The van der Waals surface area contributed by atoms with Crippen molar-refractivity contribution in [1.29, 1.82) is 0 Å². The summed E-state index contributed by atoms with van der Waals surface area (Å²) in [6, 6.07) is 0. The average molecular weight is 863 g/mol. The van der Waals surface area contributed by atoms with Crippen LogP contribution >= 0.6 is 0 Å². The van der Waals surface area contributed by atoms with Crippen LogP contribution in [0.15, 0.2) is 0 Å². The quantitative estimate of drug-likeness (QED) is 0.0344. The van der Waals surface area contributed by atoms with Crippen molar-refractivity contribution in [3.05, 3.63) is 0 Å². The summed E-state index contributed by atoms with van der Waals surface area (Å²) in [5, 5.41) is 0. The van der Waals surface area contributed by atoms with E-state index in [0.717, 1.165) is 69.6 Å². The van der Waals surface area contributed by atoms with Crippen molar-refractivity contribution in [2.24, 2.45) is 11.8 Å². The molecule has 0 saturated heterocycles. The van der Waals surface area contributed by atoms with Crippen LogP contribution in [0.2, 0.25) is 0 Å². The fourth-order valence-corrected chi connectivity index (χ4v) is 8.34. The van der Waals surface area contributed by atoms with Gasteiger partial charge < -0.3 is 14.2 Å². The number of carbonyl (C=O) groups is 3. The van der Waals surface area contributed by atoms with Gasteiger partial charge in [0.25, 0.3) is 0 Å². The van der Waals surface area contributed by atoms with E-state index in [4.69, 9.17) is 14.2 Å². The monoisotopic (exact) mass is 863 g/mol. The Labute approximate surface area is 380 Å². The Bertz CT molecular complexity index is 931. The Kier molecular flexibility index (Phi) is 46.6. The topological polar surface area (TPSA) is 78.9 Å². The normalized spacial score (nSPS) is 12.0. The van der Waals surface area contributed by atoms with Crippen molar-refractivity contribution in [3.8, 4) is 0 Å². The molecule has 0 aliphatic rings. The zero-order chi connectivity index (χ0) is 44.7. The Balaban J connectivity index is 4.16. The maximum atomic E-state index is 12.8. The van der Waals surface area contributed by atoms with Gasteiger partial charge in [0.2, 0.25) is 0 Å². The van der Waals surface area contributed by atoms with Crippen LogP contribution in [-0.2, 0) is 28.6 Å². The first kappa shape index (κ1) is 59.4. The minimum absolute atomic E-state index is 0.0635. The lowest BCUT2D eigenvalue weighted by Gasteiger charge is -2.18. The summed E-state index contributed by atoms with van der Waals surface area (Å²) in [5.74, 6) is 0.847. The third-order valence-corrected chi connectivity index (χ3v) is 12.5. The van der Waals surface area contributed by atoms with Gasteiger partial charge in [-0.15, -0.1) is 0 Å². The molecule has 0 fully saturated rings. The van der Waals surface area contributed by atoms with E-state index in [9.17, 15) is 14.4 Å². The van der Waals surface area contributed by atoms with Gasteiger partial charge in [-0.2, -0.15) is 0 Å². The molecule has 1 atom stereocenters. The SMILES string of the molecule is CCCCCCCCCC(=O)OC[C@@H](COC(=O)CCCCCCCCCCCCCCCCCC(C)C)OC(=O)CCCCCCCCCCCCCCCCCC(C)C. The molecule has 0 aliphatic heterocycles. The summed E-state index contributed by atoms with van der Waals surface area (Å²) in [4.78, 5) is 37.9. The van der Waals surface area contributed by atoms with Gasteiger partial charge in [0.15, 0.2) is 6.10 Å². The summed E-state index contributed by atoms with van der Waals surface area (Å²) in [6.45, 7) is 11.4. The van der Waals surface area contributed by atoms with Crippen LogP contribution < -0.4 is 0 Å². The number of carbonyl (C=O) groups excluding carboxylic acids is 3.